The van der Waals surface area contributed by atoms with E-state index in [4.69, 9.17) is 0 Å². The molecule has 19 aromatic rings. The predicted octanol–water partition coefficient (Wildman–Crippen LogP) is 29.3. The molecular weight excluding hydrogens is 1290 g/mol. The van der Waals surface area contributed by atoms with E-state index >= 15 is 0 Å². The Morgan fingerprint density at radius 3 is 1.36 bits per heavy atom. The lowest BCUT2D eigenvalue weighted by Crippen LogP contribution is -2.17. The molecule has 0 unspecified atom stereocenters. The van der Waals surface area contributed by atoms with E-state index in [1.54, 1.807) is 0 Å². The molecule has 17 aromatic carbocycles. The molecule has 0 spiro atoms. The van der Waals surface area contributed by atoms with E-state index in [-0.39, 0.29) is 10.8 Å². The molecule has 490 valence electrons. The first-order chi connectivity index (χ1) is 51.1. The Hall–Kier alpha value is -12.2. The number of nitrogens with zero attached hydrogens (tertiary/aromatic N) is 2. The van der Waals surface area contributed by atoms with Crippen molar-refractivity contribution in [3.05, 3.63) is 362 Å². The highest BCUT2D eigenvalue weighted by Gasteiger charge is 2.38. The Bertz CT molecular complexity index is 6820. The van der Waals surface area contributed by atoms with Crippen LogP contribution in [0.4, 0.5) is 34.1 Å². The van der Waals surface area contributed by atoms with Crippen LogP contribution in [0, 0.1) is 0 Å². The minimum atomic E-state index is -0.173. The molecule has 0 saturated carbocycles. The Morgan fingerprint density at radius 2 is 0.654 bits per heavy atom. The summed E-state index contributed by atoms with van der Waals surface area (Å²) in [5.41, 5.74) is 26.7. The Labute approximate surface area is 612 Å². The molecule has 4 heteroatoms. The largest absolute Gasteiger partial charge is 0.310 e. The maximum atomic E-state index is 2.54. The zero-order valence-corrected chi connectivity index (χ0v) is 59.7. The highest BCUT2D eigenvalue weighted by atomic mass is 32.1. The van der Waals surface area contributed by atoms with Crippen LogP contribution < -0.4 is 9.80 Å². The lowest BCUT2D eigenvalue weighted by atomic mass is 9.82. The van der Waals surface area contributed by atoms with Gasteiger partial charge in [0.2, 0.25) is 0 Å². The second kappa shape index (κ2) is 23.2. The van der Waals surface area contributed by atoms with Gasteiger partial charge in [0.15, 0.2) is 0 Å². The predicted molar refractivity (Wildman–Crippen MR) is 448 cm³/mol. The summed E-state index contributed by atoms with van der Waals surface area (Å²) in [5, 5.41) is 15.1. The fourth-order valence-electron chi connectivity index (χ4n) is 17.9. The lowest BCUT2D eigenvalue weighted by Gasteiger charge is -2.31. The highest BCUT2D eigenvalue weighted by molar-refractivity contribution is 7.26. The lowest BCUT2D eigenvalue weighted by molar-refractivity contribution is 0.660. The number of thiophene rings is 2. The maximum Gasteiger partial charge on any atom is 0.0540 e. The number of benzene rings is 17. The summed E-state index contributed by atoms with van der Waals surface area (Å²) in [6.07, 6.45) is 0. The summed E-state index contributed by atoms with van der Waals surface area (Å²) >= 11 is 3.77. The van der Waals surface area contributed by atoms with E-state index in [1.807, 2.05) is 22.7 Å². The molecule has 0 N–H and O–H groups in total. The molecule has 0 saturated heterocycles. The van der Waals surface area contributed by atoms with Crippen LogP contribution in [0.25, 0.3) is 150 Å². The van der Waals surface area contributed by atoms with Gasteiger partial charge in [-0.1, -0.05) is 264 Å². The molecule has 2 aromatic heterocycles. The molecule has 2 aliphatic carbocycles. The third-order valence-electron chi connectivity index (χ3n) is 23.0. The van der Waals surface area contributed by atoms with Gasteiger partial charge in [-0.2, -0.15) is 0 Å². The molecule has 21 rings (SSSR count). The van der Waals surface area contributed by atoms with Crippen LogP contribution in [-0.4, -0.2) is 0 Å². The van der Waals surface area contributed by atoms with Gasteiger partial charge in [0.1, 0.15) is 0 Å². The molecule has 0 radical (unpaired) electrons. The van der Waals surface area contributed by atoms with E-state index in [9.17, 15) is 0 Å². The minimum absolute atomic E-state index is 0.157. The van der Waals surface area contributed by atoms with Crippen LogP contribution in [0.15, 0.2) is 340 Å². The van der Waals surface area contributed by atoms with Gasteiger partial charge in [-0.25, -0.2) is 0 Å². The SMILES string of the molecule is CC1(C)c2ccccc2-c2ccc(N(c3ccc(-c4cc5sc6ccc(-c7ccc8ccc(-c9ccccc9N(c9ccc%10c(c9)C(C)(C)c9ccccc9-%10)c9cccc%10c9ccc9sc%11ccccc%11c9%10)cc8c7)cc6c5c5ccccc45)cc3)c3ccccc3-c3ccc4ccccc4c3)cc21. The molecule has 0 amide bonds. The minimum Gasteiger partial charge on any atom is -0.310 e. The van der Waals surface area contributed by atoms with E-state index in [2.05, 4.69) is 377 Å². The summed E-state index contributed by atoms with van der Waals surface area (Å²) in [4.78, 5) is 5.02. The summed E-state index contributed by atoms with van der Waals surface area (Å²) < 4.78 is 5.18. The number of para-hydroxylation sites is 2. The number of hydrogen-bond donors (Lipinski definition) is 0. The molecule has 0 aliphatic heterocycles. The summed E-state index contributed by atoms with van der Waals surface area (Å²) in [6, 6.07) is 128. The van der Waals surface area contributed by atoms with Gasteiger partial charge in [-0.05, 0) is 219 Å². The Kier molecular flexibility index (Phi) is 13.5. The van der Waals surface area contributed by atoms with Crippen LogP contribution in [0.2, 0.25) is 0 Å². The molecule has 0 bridgehead atoms. The van der Waals surface area contributed by atoms with Crippen LogP contribution in [0.3, 0.4) is 0 Å². The Morgan fingerprint density at radius 1 is 0.212 bits per heavy atom. The zero-order valence-electron chi connectivity index (χ0n) is 58.0. The summed E-state index contributed by atoms with van der Waals surface area (Å²) in [5.74, 6) is 0. The van der Waals surface area contributed by atoms with Crippen molar-refractivity contribution < 1.29 is 0 Å². The fraction of sp³-hybridized carbons (Fsp3) is 0.0600. The number of hydrogen-bond acceptors (Lipinski definition) is 4. The van der Waals surface area contributed by atoms with Gasteiger partial charge in [0.25, 0.3) is 0 Å². The topological polar surface area (TPSA) is 6.48 Å². The Balaban J connectivity index is 0.654. The zero-order chi connectivity index (χ0) is 69.1. The van der Waals surface area contributed by atoms with Crippen molar-refractivity contribution in [2.75, 3.05) is 9.80 Å². The first kappa shape index (κ1) is 60.6. The molecule has 2 aliphatic rings. The van der Waals surface area contributed by atoms with E-state index in [0.717, 1.165) is 34.1 Å². The van der Waals surface area contributed by atoms with Crippen LogP contribution >= 0.6 is 22.7 Å². The van der Waals surface area contributed by atoms with Crippen molar-refractivity contribution in [1.29, 1.82) is 0 Å². The van der Waals surface area contributed by atoms with Crippen molar-refractivity contribution in [3.8, 4) is 66.8 Å². The van der Waals surface area contributed by atoms with Crippen molar-refractivity contribution in [2.45, 2.75) is 38.5 Å². The third-order valence-corrected chi connectivity index (χ3v) is 25.3. The van der Waals surface area contributed by atoms with Crippen molar-refractivity contribution in [3.63, 3.8) is 0 Å². The molecule has 0 fully saturated rings. The fourth-order valence-corrected chi connectivity index (χ4v) is 20.1. The number of rotatable bonds is 10. The first-order valence-electron chi connectivity index (χ1n) is 36.2. The second-order valence-corrected chi connectivity index (χ2v) is 31.6. The first-order valence-corrected chi connectivity index (χ1v) is 37.8. The van der Waals surface area contributed by atoms with Crippen LogP contribution in [0.1, 0.15) is 49.9 Å². The molecule has 2 heterocycles. The average molecular weight is 1360 g/mol. The van der Waals surface area contributed by atoms with Crippen molar-refractivity contribution >= 4 is 140 Å². The van der Waals surface area contributed by atoms with Gasteiger partial charge in [-0.15, -0.1) is 22.7 Å². The van der Waals surface area contributed by atoms with Crippen molar-refractivity contribution in [2.24, 2.45) is 0 Å². The van der Waals surface area contributed by atoms with Crippen molar-refractivity contribution in [1.82, 2.24) is 0 Å². The van der Waals surface area contributed by atoms with E-state index in [1.165, 1.54) is 172 Å². The quantitative estimate of drug-likeness (QED) is 0.135. The number of anilines is 6. The standard InChI is InChI=1S/C100H68N2S2/c1-99(2)86-30-14-9-25-76(86)78-49-47-71(58-88(78)99)101(90-32-16-11-22-73(90)67-40-37-61-20-5-6-21-64(61)54-67)70-45-42-63(43-46-70)84-60-96-98(81-27-8-7-24-75(81)84)85-57-66(44-52-94(85)104-96)65-39-36-62-38-41-68(56-69(62)55-65)74-23-12-17-33-91(74)102(72-48-50-79-77-26-10-15-31-87(77)100(3,4)89(79)59-72)92-34-19-29-82-80(92)51-53-95-97(82)83-28-13-18-35-93(83)103-95/h5-60H,1-4H3. The van der Waals surface area contributed by atoms with Gasteiger partial charge in [0, 0.05) is 84.7 Å². The van der Waals surface area contributed by atoms with Gasteiger partial charge in [-0.3, -0.25) is 0 Å². The monoisotopic (exact) mass is 1360 g/mol. The molecular formula is C100H68N2S2. The van der Waals surface area contributed by atoms with Gasteiger partial charge < -0.3 is 9.80 Å². The summed E-state index contributed by atoms with van der Waals surface area (Å²) in [6.45, 7) is 9.52. The van der Waals surface area contributed by atoms with E-state index in [0.29, 0.717) is 0 Å². The molecule has 2 nitrogen and oxygen atoms in total. The average Bonchev–Trinajstić information content (AvgIpc) is 1.50. The van der Waals surface area contributed by atoms with Crippen LogP contribution in [-0.2, 0) is 10.8 Å². The van der Waals surface area contributed by atoms with E-state index < -0.39 is 0 Å². The highest BCUT2D eigenvalue weighted by Crippen LogP contribution is 2.55. The van der Waals surface area contributed by atoms with Gasteiger partial charge in [0.05, 0.1) is 17.1 Å². The normalized spacial score (nSPS) is 13.3. The third kappa shape index (κ3) is 9.31. The summed E-state index contributed by atoms with van der Waals surface area (Å²) in [7, 11) is 0. The smallest absolute Gasteiger partial charge is 0.0540 e. The second-order valence-electron chi connectivity index (χ2n) is 29.5. The number of fused-ring (bicyclic) bond motifs is 18. The van der Waals surface area contributed by atoms with Gasteiger partial charge >= 0.3 is 0 Å². The molecule has 0 atom stereocenters. The van der Waals surface area contributed by atoms with Crippen LogP contribution in [0.5, 0.6) is 0 Å². The maximum absolute atomic E-state index is 2.54. The molecule has 104 heavy (non-hydrogen) atoms.